The number of amides is 1. The Bertz CT molecular complexity index is 668. The van der Waals surface area contributed by atoms with Gasteiger partial charge in [0.2, 0.25) is 0 Å². The number of carbonyl (C=O) groups is 1. The van der Waals surface area contributed by atoms with Crippen LogP contribution in [0.4, 0.5) is 0 Å². The standard InChI is InChI=1S/C17H23N3O4S/c1-22-12-8-13(23-2)10-14(9-12)24-7-3-6-19-17(21)15-11-25-16(20-15)4-5-18/h8-11H,3-7,18H2,1-2H3,(H,19,21). The summed E-state index contributed by atoms with van der Waals surface area (Å²) < 4.78 is 16.1. The zero-order valence-corrected chi connectivity index (χ0v) is 15.2. The molecule has 0 spiro atoms. The molecule has 0 aliphatic heterocycles. The van der Waals surface area contributed by atoms with E-state index in [0.29, 0.717) is 55.5 Å². The number of nitrogens with two attached hydrogens (primary N) is 1. The second-order valence-corrected chi connectivity index (χ2v) is 6.11. The first kappa shape index (κ1) is 19.0. The molecule has 3 N–H and O–H groups in total. The summed E-state index contributed by atoms with van der Waals surface area (Å²) in [5, 5.41) is 5.46. The first-order chi connectivity index (χ1) is 12.2. The Labute approximate surface area is 151 Å². The van der Waals surface area contributed by atoms with Gasteiger partial charge in [-0.3, -0.25) is 4.79 Å². The molecule has 7 nitrogen and oxygen atoms in total. The van der Waals surface area contributed by atoms with Gasteiger partial charge in [-0.05, 0) is 13.0 Å². The number of benzene rings is 1. The number of ether oxygens (including phenoxy) is 3. The smallest absolute Gasteiger partial charge is 0.270 e. The van der Waals surface area contributed by atoms with Crippen molar-refractivity contribution in [3.05, 3.63) is 34.3 Å². The number of methoxy groups -OCH3 is 2. The lowest BCUT2D eigenvalue weighted by molar-refractivity contribution is 0.0947. The maximum Gasteiger partial charge on any atom is 0.270 e. The molecule has 2 aromatic rings. The summed E-state index contributed by atoms with van der Waals surface area (Å²) in [6, 6.07) is 5.35. The number of nitrogens with one attached hydrogen (secondary N) is 1. The van der Waals surface area contributed by atoms with Gasteiger partial charge in [-0.1, -0.05) is 0 Å². The van der Waals surface area contributed by atoms with E-state index in [-0.39, 0.29) is 5.91 Å². The number of nitrogens with zero attached hydrogens (tertiary/aromatic N) is 1. The molecule has 136 valence electrons. The lowest BCUT2D eigenvalue weighted by Crippen LogP contribution is -2.26. The topological polar surface area (TPSA) is 95.7 Å². The van der Waals surface area contributed by atoms with Gasteiger partial charge in [0.15, 0.2) is 0 Å². The van der Waals surface area contributed by atoms with Gasteiger partial charge in [-0.15, -0.1) is 11.3 Å². The van der Waals surface area contributed by atoms with Crippen LogP contribution in [0.5, 0.6) is 17.2 Å². The second-order valence-electron chi connectivity index (χ2n) is 5.17. The molecule has 1 amide bonds. The molecule has 25 heavy (non-hydrogen) atoms. The summed E-state index contributed by atoms with van der Waals surface area (Å²) in [6.07, 6.45) is 1.36. The Hall–Kier alpha value is -2.32. The molecule has 0 saturated carbocycles. The van der Waals surface area contributed by atoms with Crippen LogP contribution >= 0.6 is 11.3 Å². The minimum absolute atomic E-state index is 0.178. The molecule has 0 bridgehead atoms. The van der Waals surface area contributed by atoms with E-state index in [4.69, 9.17) is 19.9 Å². The highest BCUT2D eigenvalue weighted by Crippen LogP contribution is 2.27. The van der Waals surface area contributed by atoms with E-state index in [2.05, 4.69) is 10.3 Å². The zero-order chi connectivity index (χ0) is 18.1. The van der Waals surface area contributed by atoms with Gasteiger partial charge in [0.1, 0.15) is 22.9 Å². The van der Waals surface area contributed by atoms with Crippen molar-refractivity contribution in [3.63, 3.8) is 0 Å². The predicted octanol–water partition coefficient (Wildman–Crippen LogP) is 1.86. The van der Waals surface area contributed by atoms with E-state index in [1.165, 1.54) is 11.3 Å². The van der Waals surface area contributed by atoms with Gasteiger partial charge in [0.25, 0.3) is 5.91 Å². The fraction of sp³-hybridized carbons (Fsp3) is 0.412. The molecule has 1 aromatic carbocycles. The average molecular weight is 365 g/mol. The Kier molecular flexibility index (Phi) is 7.49. The maximum atomic E-state index is 12.0. The highest BCUT2D eigenvalue weighted by atomic mass is 32.1. The molecule has 1 heterocycles. The molecular formula is C17H23N3O4S. The molecule has 0 aliphatic rings. The highest BCUT2D eigenvalue weighted by Gasteiger charge is 2.09. The summed E-state index contributed by atoms with van der Waals surface area (Å²) in [5.74, 6) is 1.81. The average Bonchev–Trinajstić information content (AvgIpc) is 3.10. The van der Waals surface area contributed by atoms with Gasteiger partial charge < -0.3 is 25.3 Å². The fourth-order valence-corrected chi connectivity index (χ4v) is 2.87. The summed E-state index contributed by atoms with van der Waals surface area (Å²) in [7, 11) is 3.18. The van der Waals surface area contributed by atoms with E-state index < -0.39 is 0 Å². The van der Waals surface area contributed by atoms with Crippen LogP contribution in [0.2, 0.25) is 0 Å². The second kappa shape index (κ2) is 9.85. The first-order valence-corrected chi connectivity index (χ1v) is 8.82. The van der Waals surface area contributed by atoms with E-state index in [1.54, 1.807) is 37.8 Å². The van der Waals surface area contributed by atoms with Crippen LogP contribution in [-0.2, 0) is 6.42 Å². The Morgan fingerprint density at radius 1 is 1.20 bits per heavy atom. The Morgan fingerprint density at radius 2 is 1.88 bits per heavy atom. The van der Waals surface area contributed by atoms with Crippen LogP contribution in [-0.4, -0.2) is 44.8 Å². The molecule has 8 heteroatoms. The minimum atomic E-state index is -0.178. The fourth-order valence-electron chi connectivity index (χ4n) is 2.07. The predicted molar refractivity (Wildman–Crippen MR) is 96.9 cm³/mol. The lowest BCUT2D eigenvalue weighted by Gasteiger charge is -2.10. The monoisotopic (exact) mass is 365 g/mol. The van der Waals surface area contributed by atoms with Crippen molar-refractivity contribution in [2.75, 3.05) is 33.9 Å². The molecule has 0 radical (unpaired) electrons. The summed E-state index contributed by atoms with van der Waals surface area (Å²) in [5.41, 5.74) is 5.92. The number of hydrogen-bond donors (Lipinski definition) is 2. The molecule has 0 saturated heterocycles. The maximum absolute atomic E-state index is 12.0. The molecule has 0 unspecified atom stereocenters. The van der Waals surface area contributed by atoms with Crippen molar-refractivity contribution in [2.45, 2.75) is 12.8 Å². The minimum Gasteiger partial charge on any atom is -0.496 e. The zero-order valence-electron chi connectivity index (χ0n) is 14.4. The van der Waals surface area contributed by atoms with Crippen LogP contribution in [0, 0.1) is 0 Å². The van der Waals surface area contributed by atoms with Gasteiger partial charge in [0.05, 0.1) is 25.8 Å². The SMILES string of the molecule is COc1cc(OC)cc(OCCCNC(=O)c2csc(CCN)n2)c1. The third-order valence-corrected chi connectivity index (χ3v) is 4.25. The first-order valence-electron chi connectivity index (χ1n) is 7.94. The van der Waals surface area contributed by atoms with Gasteiger partial charge >= 0.3 is 0 Å². The van der Waals surface area contributed by atoms with Gasteiger partial charge in [0, 0.05) is 36.5 Å². The molecule has 0 fully saturated rings. The molecule has 0 aliphatic carbocycles. The third-order valence-electron chi connectivity index (χ3n) is 3.34. The lowest BCUT2D eigenvalue weighted by atomic mass is 10.3. The molecular weight excluding hydrogens is 342 g/mol. The largest absolute Gasteiger partial charge is 0.496 e. The van der Waals surface area contributed by atoms with E-state index >= 15 is 0 Å². The third kappa shape index (κ3) is 5.91. The summed E-state index contributed by atoms with van der Waals surface area (Å²) in [6.45, 7) is 1.50. The summed E-state index contributed by atoms with van der Waals surface area (Å²) >= 11 is 1.45. The highest BCUT2D eigenvalue weighted by molar-refractivity contribution is 7.09. The Balaban J connectivity index is 1.73. The van der Waals surface area contributed by atoms with Crippen LogP contribution in [0.15, 0.2) is 23.6 Å². The number of hydrogen-bond acceptors (Lipinski definition) is 7. The number of carbonyl (C=O) groups excluding carboxylic acids is 1. The van der Waals surface area contributed by atoms with Crippen molar-refractivity contribution >= 4 is 17.2 Å². The summed E-state index contributed by atoms with van der Waals surface area (Å²) in [4.78, 5) is 16.2. The van der Waals surface area contributed by atoms with Crippen molar-refractivity contribution in [3.8, 4) is 17.2 Å². The van der Waals surface area contributed by atoms with Crippen molar-refractivity contribution in [1.82, 2.24) is 10.3 Å². The van der Waals surface area contributed by atoms with E-state index in [1.807, 2.05) is 0 Å². The number of rotatable bonds is 10. The van der Waals surface area contributed by atoms with Crippen LogP contribution in [0.1, 0.15) is 21.9 Å². The number of aromatic nitrogens is 1. The normalized spacial score (nSPS) is 10.4. The van der Waals surface area contributed by atoms with Crippen molar-refractivity contribution in [1.29, 1.82) is 0 Å². The molecule has 2 rings (SSSR count). The van der Waals surface area contributed by atoms with Crippen molar-refractivity contribution < 1.29 is 19.0 Å². The van der Waals surface area contributed by atoms with Gasteiger partial charge in [-0.25, -0.2) is 4.98 Å². The molecule has 0 atom stereocenters. The quantitative estimate of drug-likeness (QED) is 0.624. The van der Waals surface area contributed by atoms with Crippen LogP contribution < -0.4 is 25.3 Å². The van der Waals surface area contributed by atoms with Crippen LogP contribution in [0.25, 0.3) is 0 Å². The Morgan fingerprint density at radius 3 is 2.52 bits per heavy atom. The van der Waals surface area contributed by atoms with E-state index in [0.717, 1.165) is 5.01 Å². The molecule has 1 aromatic heterocycles. The van der Waals surface area contributed by atoms with Gasteiger partial charge in [-0.2, -0.15) is 0 Å². The van der Waals surface area contributed by atoms with E-state index in [9.17, 15) is 4.79 Å². The van der Waals surface area contributed by atoms with Crippen molar-refractivity contribution in [2.24, 2.45) is 5.73 Å². The number of thiazole rings is 1. The van der Waals surface area contributed by atoms with Crippen LogP contribution in [0.3, 0.4) is 0 Å².